The van der Waals surface area contributed by atoms with Crippen molar-refractivity contribution < 1.29 is 15.0 Å². The fourth-order valence-electron chi connectivity index (χ4n) is 2.74. The molecule has 0 saturated heterocycles. The van der Waals surface area contributed by atoms with Crippen molar-refractivity contribution in [2.24, 2.45) is 0 Å². The number of nitrogens with zero attached hydrogens (tertiary/aromatic N) is 2. The summed E-state index contributed by atoms with van der Waals surface area (Å²) in [6, 6.07) is 3.16. The number of halogens is 1. The van der Waals surface area contributed by atoms with Gasteiger partial charge >= 0.3 is 5.97 Å². The van der Waals surface area contributed by atoms with Crippen molar-refractivity contribution in [1.29, 1.82) is 0 Å². The first-order valence-electron chi connectivity index (χ1n) is 6.90. The third-order valence-electron chi connectivity index (χ3n) is 3.68. The van der Waals surface area contributed by atoms with Crippen molar-refractivity contribution in [1.82, 2.24) is 4.98 Å². The fraction of sp³-hybridized carbons (Fsp3) is 0.571. The molecule has 0 bridgehead atoms. The summed E-state index contributed by atoms with van der Waals surface area (Å²) in [5.41, 5.74) is 0.124. The maximum absolute atomic E-state index is 11.1. The number of carbonyl (C=O) groups is 1. The molecule has 6 heteroatoms. The molecule has 0 aromatic carbocycles. The van der Waals surface area contributed by atoms with Gasteiger partial charge in [-0.15, -0.1) is 0 Å². The lowest BCUT2D eigenvalue weighted by Gasteiger charge is -2.35. The van der Waals surface area contributed by atoms with E-state index in [0.29, 0.717) is 18.4 Å². The molecular formula is C14H19ClN2O3. The average Bonchev–Trinajstić information content (AvgIpc) is 2.45. The van der Waals surface area contributed by atoms with Gasteiger partial charge in [0.25, 0.3) is 0 Å². The summed E-state index contributed by atoms with van der Waals surface area (Å²) >= 11 is 5.91. The number of aromatic nitrogens is 1. The Balaban J connectivity index is 2.30. The second-order valence-electron chi connectivity index (χ2n) is 5.05. The molecule has 1 heterocycles. The van der Waals surface area contributed by atoms with Gasteiger partial charge in [0.15, 0.2) is 0 Å². The Morgan fingerprint density at radius 1 is 1.35 bits per heavy atom. The predicted molar refractivity (Wildman–Crippen MR) is 77.5 cm³/mol. The van der Waals surface area contributed by atoms with Crippen LogP contribution in [0.3, 0.4) is 0 Å². The molecule has 0 unspecified atom stereocenters. The van der Waals surface area contributed by atoms with Crippen molar-refractivity contribution in [2.75, 3.05) is 18.1 Å². The van der Waals surface area contributed by atoms with Gasteiger partial charge in [-0.3, -0.25) is 0 Å². The van der Waals surface area contributed by atoms with E-state index in [4.69, 9.17) is 16.7 Å². The van der Waals surface area contributed by atoms with E-state index in [1.165, 1.54) is 18.6 Å². The molecule has 1 aliphatic carbocycles. The van der Waals surface area contributed by atoms with Crippen LogP contribution in [0.5, 0.6) is 0 Å². The van der Waals surface area contributed by atoms with E-state index in [-0.39, 0.29) is 17.3 Å². The Morgan fingerprint density at radius 3 is 2.65 bits per heavy atom. The third kappa shape index (κ3) is 3.61. The second-order valence-corrected chi connectivity index (χ2v) is 5.44. The highest BCUT2D eigenvalue weighted by Crippen LogP contribution is 2.27. The normalized spacial score (nSPS) is 16.1. The maximum atomic E-state index is 11.1. The Bertz CT molecular complexity index is 475. The van der Waals surface area contributed by atoms with Crippen LogP contribution in [0.2, 0.25) is 5.15 Å². The number of pyridine rings is 1. The number of carboxylic acid groups (broad SMARTS) is 1. The summed E-state index contributed by atoms with van der Waals surface area (Å²) in [6.07, 6.45) is 5.61. The predicted octanol–water partition coefficient (Wildman–Crippen LogP) is 2.56. The Morgan fingerprint density at radius 2 is 2.05 bits per heavy atom. The Hall–Kier alpha value is -1.33. The minimum absolute atomic E-state index is 0.00704. The molecule has 5 nitrogen and oxygen atoms in total. The lowest BCUT2D eigenvalue weighted by molar-refractivity contribution is 0.0696. The van der Waals surface area contributed by atoms with Crippen LogP contribution in [-0.4, -0.2) is 40.4 Å². The van der Waals surface area contributed by atoms with Gasteiger partial charge in [0.1, 0.15) is 11.0 Å². The first-order valence-corrected chi connectivity index (χ1v) is 7.28. The molecule has 20 heavy (non-hydrogen) atoms. The van der Waals surface area contributed by atoms with Crippen LogP contribution >= 0.6 is 11.6 Å². The number of rotatable bonds is 5. The number of aliphatic hydroxyl groups excluding tert-OH is 1. The van der Waals surface area contributed by atoms with E-state index in [0.717, 1.165) is 25.7 Å². The fourth-order valence-corrected chi connectivity index (χ4v) is 2.94. The zero-order valence-corrected chi connectivity index (χ0v) is 12.0. The smallest absolute Gasteiger partial charge is 0.335 e. The van der Waals surface area contributed by atoms with E-state index < -0.39 is 5.97 Å². The van der Waals surface area contributed by atoms with Crippen molar-refractivity contribution in [3.63, 3.8) is 0 Å². The van der Waals surface area contributed by atoms with Crippen LogP contribution in [-0.2, 0) is 0 Å². The van der Waals surface area contributed by atoms with Gasteiger partial charge in [-0.1, -0.05) is 30.9 Å². The lowest BCUT2D eigenvalue weighted by atomic mass is 9.94. The third-order valence-corrected chi connectivity index (χ3v) is 3.87. The summed E-state index contributed by atoms with van der Waals surface area (Å²) in [6.45, 7) is 0.449. The topological polar surface area (TPSA) is 73.7 Å². The largest absolute Gasteiger partial charge is 0.478 e. The molecule has 1 saturated carbocycles. The SMILES string of the molecule is O=C(O)c1cc(Cl)nc(N(CCO)C2CCCCC2)c1. The van der Waals surface area contributed by atoms with Gasteiger partial charge in [-0.25, -0.2) is 9.78 Å². The first kappa shape index (κ1) is 15.1. The summed E-state index contributed by atoms with van der Waals surface area (Å²) in [5, 5.41) is 18.5. The van der Waals surface area contributed by atoms with Crippen LogP contribution in [0.4, 0.5) is 5.82 Å². The highest BCUT2D eigenvalue weighted by Gasteiger charge is 2.23. The maximum Gasteiger partial charge on any atom is 0.335 e. The highest BCUT2D eigenvalue weighted by molar-refractivity contribution is 6.29. The minimum atomic E-state index is -1.02. The molecule has 0 spiro atoms. The molecule has 1 aromatic heterocycles. The van der Waals surface area contributed by atoms with E-state index in [2.05, 4.69) is 4.98 Å². The Labute approximate surface area is 123 Å². The number of anilines is 1. The quantitative estimate of drug-likeness (QED) is 0.817. The van der Waals surface area contributed by atoms with Crippen molar-refractivity contribution in [3.8, 4) is 0 Å². The van der Waals surface area contributed by atoms with Crippen LogP contribution < -0.4 is 4.90 Å². The van der Waals surface area contributed by atoms with Crippen LogP contribution in [0.25, 0.3) is 0 Å². The molecular weight excluding hydrogens is 280 g/mol. The molecule has 1 aromatic rings. The molecule has 110 valence electrons. The number of carboxylic acids is 1. The first-order chi connectivity index (χ1) is 9.61. The molecule has 2 N–H and O–H groups in total. The summed E-state index contributed by atoms with van der Waals surface area (Å²) in [4.78, 5) is 17.3. The highest BCUT2D eigenvalue weighted by atomic mass is 35.5. The molecule has 0 aliphatic heterocycles. The molecule has 2 rings (SSSR count). The molecule has 0 amide bonds. The van der Waals surface area contributed by atoms with Crippen LogP contribution in [0.1, 0.15) is 42.5 Å². The monoisotopic (exact) mass is 298 g/mol. The number of aliphatic hydroxyl groups is 1. The zero-order valence-electron chi connectivity index (χ0n) is 11.3. The van der Waals surface area contributed by atoms with E-state index in [1.54, 1.807) is 0 Å². The van der Waals surface area contributed by atoms with Gasteiger partial charge in [0.05, 0.1) is 12.2 Å². The van der Waals surface area contributed by atoms with E-state index >= 15 is 0 Å². The standard InChI is InChI=1S/C14H19ClN2O3/c15-12-8-10(14(19)20)9-13(16-12)17(6-7-18)11-4-2-1-3-5-11/h8-9,11,18H,1-7H2,(H,19,20). The molecule has 0 radical (unpaired) electrons. The zero-order chi connectivity index (χ0) is 14.5. The number of hydrogen-bond acceptors (Lipinski definition) is 4. The van der Waals surface area contributed by atoms with Crippen LogP contribution in [0.15, 0.2) is 12.1 Å². The molecule has 1 aliphatic rings. The van der Waals surface area contributed by atoms with Crippen molar-refractivity contribution in [3.05, 3.63) is 22.8 Å². The lowest BCUT2D eigenvalue weighted by Crippen LogP contribution is -2.39. The Kier molecular flexibility index (Phi) is 5.20. The number of aromatic carboxylic acids is 1. The van der Waals surface area contributed by atoms with Gasteiger partial charge in [-0.2, -0.15) is 0 Å². The van der Waals surface area contributed by atoms with Gasteiger partial charge < -0.3 is 15.1 Å². The van der Waals surface area contributed by atoms with Crippen molar-refractivity contribution >= 4 is 23.4 Å². The van der Waals surface area contributed by atoms with Gasteiger partial charge in [0.2, 0.25) is 0 Å². The minimum Gasteiger partial charge on any atom is -0.478 e. The summed E-state index contributed by atoms with van der Waals surface area (Å²) < 4.78 is 0. The summed E-state index contributed by atoms with van der Waals surface area (Å²) in [7, 11) is 0. The van der Waals surface area contributed by atoms with E-state index in [9.17, 15) is 9.90 Å². The van der Waals surface area contributed by atoms with E-state index in [1.807, 2.05) is 4.90 Å². The van der Waals surface area contributed by atoms with Gasteiger partial charge in [0, 0.05) is 12.6 Å². The van der Waals surface area contributed by atoms with Gasteiger partial charge in [-0.05, 0) is 25.0 Å². The molecule has 0 atom stereocenters. The summed E-state index contributed by atoms with van der Waals surface area (Å²) in [5.74, 6) is -0.487. The second kappa shape index (κ2) is 6.90. The molecule has 1 fully saturated rings. The van der Waals surface area contributed by atoms with Crippen molar-refractivity contribution in [2.45, 2.75) is 38.1 Å². The average molecular weight is 299 g/mol. The number of hydrogen-bond donors (Lipinski definition) is 2. The van der Waals surface area contributed by atoms with Crippen LogP contribution in [0, 0.1) is 0 Å².